The number of fused-ring (bicyclic) bond motifs is 1. The van der Waals surface area contributed by atoms with Gasteiger partial charge in [-0.1, -0.05) is 17.7 Å². The summed E-state index contributed by atoms with van der Waals surface area (Å²) in [5, 5.41) is 3.19. The van der Waals surface area contributed by atoms with Gasteiger partial charge in [0.05, 0.1) is 11.6 Å². The summed E-state index contributed by atoms with van der Waals surface area (Å²) < 4.78 is 21.0. The molecule has 2 aliphatic rings. The van der Waals surface area contributed by atoms with Crippen molar-refractivity contribution in [1.82, 2.24) is 9.55 Å². The highest BCUT2D eigenvalue weighted by Crippen LogP contribution is 2.35. The van der Waals surface area contributed by atoms with Crippen molar-refractivity contribution in [2.45, 2.75) is 43.9 Å². The summed E-state index contributed by atoms with van der Waals surface area (Å²) in [6.07, 6.45) is 1.75. The zero-order valence-corrected chi connectivity index (χ0v) is 16.3. The van der Waals surface area contributed by atoms with Gasteiger partial charge in [-0.3, -0.25) is 14.3 Å². The predicted octanol–water partition coefficient (Wildman–Crippen LogP) is 2.29. The van der Waals surface area contributed by atoms with Crippen LogP contribution in [0.2, 0.25) is 0 Å². The molecular formula is C19H23FN3O3P. The van der Waals surface area contributed by atoms with Crippen LogP contribution < -0.4 is 16.6 Å². The van der Waals surface area contributed by atoms with Crippen molar-refractivity contribution >= 4 is 15.1 Å². The average Bonchev–Trinajstić information content (AvgIpc) is 2.65. The largest absolute Gasteiger partial charge is 0.381 e. The Kier molecular flexibility index (Phi) is 4.91. The number of H-pyrrole nitrogens is 1. The maximum atomic E-state index is 14.4. The second-order valence-corrected chi connectivity index (χ2v) is 8.17. The van der Waals surface area contributed by atoms with Crippen molar-refractivity contribution in [3.63, 3.8) is 0 Å². The van der Waals surface area contributed by atoms with E-state index in [-0.39, 0.29) is 29.1 Å². The van der Waals surface area contributed by atoms with Gasteiger partial charge < -0.3 is 10.1 Å². The van der Waals surface area contributed by atoms with Gasteiger partial charge in [-0.2, -0.15) is 0 Å². The molecule has 4 rings (SSSR count). The van der Waals surface area contributed by atoms with Crippen molar-refractivity contribution in [2.75, 3.05) is 18.5 Å². The highest BCUT2D eigenvalue weighted by molar-refractivity contribution is 7.17. The smallest absolute Gasteiger partial charge is 0.330 e. The zero-order valence-electron chi connectivity index (χ0n) is 15.1. The van der Waals surface area contributed by atoms with E-state index >= 15 is 0 Å². The first-order chi connectivity index (χ1) is 13.0. The van der Waals surface area contributed by atoms with Crippen LogP contribution in [0.3, 0.4) is 0 Å². The molecule has 2 aliphatic heterocycles. The molecule has 3 heterocycles. The van der Waals surface area contributed by atoms with Crippen LogP contribution in [0.5, 0.6) is 0 Å². The first-order valence-electron chi connectivity index (χ1n) is 9.19. The third-order valence-electron chi connectivity index (χ3n) is 5.44. The lowest BCUT2D eigenvalue weighted by molar-refractivity contribution is 0.0673. The highest BCUT2D eigenvalue weighted by Gasteiger charge is 2.32. The molecule has 0 spiro atoms. The van der Waals surface area contributed by atoms with Crippen molar-refractivity contribution in [1.29, 1.82) is 0 Å². The number of hydrogen-bond donors (Lipinski definition) is 2. The van der Waals surface area contributed by atoms with E-state index in [1.807, 2.05) is 6.92 Å². The van der Waals surface area contributed by atoms with Gasteiger partial charge in [-0.15, -0.1) is 9.24 Å². The lowest BCUT2D eigenvalue weighted by Crippen LogP contribution is -2.45. The second-order valence-electron chi connectivity index (χ2n) is 7.32. The molecule has 3 unspecified atom stereocenters. The first kappa shape index (κ1) is 18.4. The van der Waals surface area contributed by atoms with Crippen LogP contribution in [0.1, 0.15) is 41.6 Å². The number of anilines is 1. The van der Waals surface area contributed by atoms with E-state index in [9.17, 15) is 14.0 Å². The van der Waals surface area contributed by atoms with Crippen molar-refractivity contribution < 1.29 is 9.13 Å². The maximum Gasteiger partial charge on any atom is 0.330 e. The maximum absolute atomic E-state index is 14.4. The number of aromatic amines is 1. The quantitative estimate of drug-likeness (QED) is 0.771. The number of aromatic nitrogens is 2. The minimum Gasteiger partial charge on any atom is -0.381 e. The summed E-state index contributed by atoms with van der Waals surface area (Å²) in [4.78, 5) is 28.4. The Hall–Kier alpha value is -1.98. The molecule has 1 aromatic heterocycles. The van der Waals surface area contributed by atoms with Gasteiger partial charge in [-0.05, 0) is 32.3 Å². The fraction of sp³-hybridized carbons (Fsp3) is 0.474. The fourth-order valence-electron chi connectivity index (χ4n) is 4.00. The van der Waals surface area contributed by atoms with Gasteiger partial charge in [0.1, 0.15) is 11.6 Å². The molecule has 1 aromatic carbocycles. The van der Waals surface area contributed by atoms with Crippen molar-refractivity contribution in [3.05, 3.63) is 61.5 Å². The zero-order chi connectivity index (χ0) is 19.1. The van der Waals surface area contributed by atoms with E-state index in [0.29, 0.717) is 49.4 Å². The Bertz CT molecular complexity index is 981. The molecule has 144 valence electrons. The van der Waals surface area contributed by atoms with Crippen molar-refractivity contribution in [2.24, 2.45) is 0 Å². The monoisotopic (exact) mass is 391 g/mol. The van der Waals surface area contributed by atoms with Gasteiger partial charge in [0.2, 0.25) is 0 Å². The molecule has 27 heavy (non-hydrogen) atoms. The van der Waals surface area contributed by atoms with E-state index in [4.69, 9.17) is 4.74 Å². The number of nitrogens with zero attached hydrogens (tertiary/aromatic N) is 1. The molecule has 2 aromatic rings. The first-order valence-corrected chi connectivity index (χ1v) is 9.86. The lowest BCUT2D eigenvalue weighted by Gasteiger charge is -2.33. The molecule has 0 amide bonds. The highest BCUT2D eigenvalue weighted by atomic mass is 31.0. The Balaban J connectivity index is 1.74. The van der Waals surface area contributed by atoms with Gasteiger partial charge in [0, 0.05) is 30.5 Å². The summed E-state index contributed by atoms with van der Waals surface area (Å²) in [5.74, 6) is 0.102. The number of ether oxygens (including phenoxy) is 1. The molecule has 0 aliphatic carbocycles. The number of hydrogen-bond acceptors (Lipinski definition) is 4. The number of nitrogens with one attached hydrogen (secondary N) is 2. The van der Waals surface area contributed by atoms with Crippen LogP contribution in [0, 0.1) is 12.7 Å². The molecule has 6 nitrogen and oxygen atoms in total. The SMILES string of the molecule is Cc1ccc(F)c(C2Nc3[nH]c(=O)n(C4CCOCC4)c(=O)c3CC2P)c1. The van der Waals surface area contributed by atoms with Crippen LogP contribution in [-0.4, -0.2) is 28.4 Å². The van der Waals surface area contributed by atoms with Gasteiger partial charge in [0.15, 0.2) is 0 Å². The Morgan fingerprint density at radius 3 is 2.74 bits per heavy atom. The summed E-state index contributed by atoms with van der Waals surface area (Å²) in [5.41, 5.74) is 1.28. The summed E-state index contributed by atoms with van der Waals surface area (Å²) >= 11 is 0. The molecule has 8 heteroatoms. The molecule has 0 bridgehead atoms. The number of aryl methyl sites for hydroxylation is 1. The second kappa shape index (κ2) is 7.21. The fourth-order valence-corrected chi connectivity index (χ4v) is 4.54. The van der Waals surface area contributed by atoms with E-state index < -0.39 is 5.69 Å². The number of rotatable bonds is 2. The topological polar surface area (TPSA) is 76.1 Å². The van der Waals surface area contributed by atoms with E-state index in [1.54, 1.807) is 12.1 Å². The Morgan fingerprint density at radius 2 is 2.00 bits per heavy atom. The summed E-state index contributed by atoms with van der Waals surface area (Å²) in [7, 11) is 2.71. The molecule has 2 N–H and O–H groups in total. The molecule has 3 atom stereocenters. The standard InChI is InChI=1S/C19H23FN3O3P/c1-10-2-3-14(20)12(8-10)16-15(27)9-13-17(21-16)22-19(25)23(18(13)24)11-4-6-26-7-5-11/h2-3,8,11,15-16,21H,4-7,9,27H2,1H3,(H,22,25). The number of halogens is 1. The normalized spacial score (nSPS) is 22.9. The minimum atomic E-state index is -0.427. The predicted molar refractivity (Wildman–Crippen MR) is 105 cm³/mol. The molecule has 1 saturated heterocycles. The van der Waals surface area contributed by atoms with Crippen LogP contribution >= 0.6 is 9.24 Å². The third-order valence-corrected chi connectivity index (χ3v) is 6.06. The molecule has 1 fully saturated rings. The van der Waals surface area contributed by atoms with E-state index in [2.05, 4.69) is 19.5 Å². The average molecular weight is 391 g/mol. The van der Waals surface area contributed by atoms with Crippen molar-refractivity contribution in [3.8, 4) is 0 Å². The summed E-state index contributed by atoms with van der Waals surface area (Å²) in [6.45, 7) is 3.01. The molecule has 0 saturated carbocycles. The summed E-state index contributed by atoms with van der Waals surface area (Å²) in [6, 6.07) is 4.50. The molecule has 0 radical (unpaired) electrons. The Labute approximate surface area is 158 Å². The van der Waals surface area contributed by atoms with E-state index in [0.717, 1.165) is 5.56 Å². The lowest BCUT2D eigenvalue weighted by atomic mass is 9.93. The van der Waals surface area contributed by atoms with Crippen LogP contribution in [0.25, 0.3) is 0 Å². The van der Waals surface area contributed by atoms with Gasteiger partial charge in [-0.25, -0.2) is 9.18 Å². The third kappa shape index (κ3) is 3.34. The number of benzene rings is 1. The molecular weight excluding hydrogens is 368 g/mol. The Morgan fingerprint density at radius 1 is 1.26 bits per heavy atom. The van der Waals surface area contributed by atoms with Gasteiger partial charge >= 0.3 is 5.69 Å². The van der Waals surface area contributed by atoms with Crippen LogP contribution in [0.15, 0.2) is 27.8 Å². The van der Waals surface area contributed by atoms with E-state index in [1.165, 1.54) is 10.6 Å². The minimum absolute atomic E-state index is 0.0736. The van der Waals surface area contributed by atoms with Crippen LogP contribution in [0.4, 0.5) is 10.2 Å². The van der Waals surface area contributed by atoms with Gasteiger partial charge in [0.25, 0.3) is 5.56 Å². The van der Waals surface area contributed by atoms with Crippen LogP contribution in [-0.2, 0) is 11.2 Å².